The van der Waals surface area contributed by atoms with Crippen LogP contribution in [-0.2, 0) is 6.54 Å². The van der Waals surface area contributed by atoms with Crippen molar-refractivity contribution in [2.24, 2.45) is 0 Å². The number of anilines is 2. The molecule has 2 rings (SSSR count). The van der Waals surface area contributed by atoms with E-state index in [2.05, 4.69) is 4.98 Å². The maximum atomic E-state index is 5.84. The van der Waals surface area contributed by atoms with Crippen molar-refractivity contribution in [2.45, 2.75) is 6.54 Å². The van der Waals surface area contributed by atoms with E-state index in [0.29, 0.717) is 17.4 Å². The molecule has 0 amide bonds. The van der Waals surface area contributed by atoms with Gasteiger partial charge in [0.2, 0.25) is 0 Å². The number of pyridine rings is 1. The van der Waals surface area contributed by atoms with E-state index in [1.807, 2.05) is 18.0 Å². The van der Waals surface area contributed by atoms with Gasteiger partial charge >= 0.3 is 0 Å². The summed E-state index contributed by atoms with van der Waals surface area (Å²) in [6.45, 7) is 0.698. The number of nitrogens with zero attached hydrogens (tertiary/aromatic N) is 2. The fourth-order valence-electron chi connectivity index (χ4n) is 1.44. The number of nitrogens with two attached hydrogens (primary N) is 1. The molecule has 2 aromatic rings. The third kappa shape index (κ3) is 2.46. The van der Waals surface area contributed by atoms with Crippen molar-refractivity contribution in [3.8, 4) is 0 Å². The second-order valence-electron chi connectivity index (χ2n) is 3.57. The summed E-state index contributed by atoms with van der Waals surface area (Å²) < 4.78 is 5.00. The summed E-state index contributed by atoms with van der Waals surface area (Å²) in [5.41, 5.74) is 7.38. The molecule has 84 valence electrons. The molecular formula is C11H12ClN3O. The van der Waals surface area contributed by atoms with Gasteiger partial charge in [0, 0.05) is 30.9 Å². The van der Waals surface area contributed by atoms with Gasteiger partial charge in [-0.1, -0.05) is 11.6 Å². The molecule has 5 heteroatoms. The van der Waals surface area contributed by atoms with Crippen LogP contribution < -0.4 is 10.6 Å². The van der Waals surface area contributed by atoms with Crippen molar-refractivity contribution in [3.05, 3.63) is 41.4 Å². The first-order valence-corrected chi connectivity index (χ1v) is 5.18. The number of rotatable bonds is 3. The molecule has 2 aromatic heterocycles. The van der Waals surface area contributed by atoms with Crippen molar-refractivity contribution >= 4 is 23.1 Å². The Morgan fingerprint density at radius 3 is 2.94 bits per heavy atom. The molecular weight excluding hydrogens is 226 g/mol. The summed E-state index contributed by atoms with van der Waals surface area (Å²) in [6, 6.07) is 5.31. The van der Waals surface area contributed by atoms with Crippen molar-refractivity contribution in [1.82, 2.24) is 4.98 Å². The van der Waals surface area contributed by atoms with Crippen LogP contribution in [0.4, 0.5) is 11.5 Å². The van der Waals surface area contributed by atoms with E-state index in [4.69, 9.17) is 21.8 Å². The SMILES string of the molecule is CN(Cc1ccoc1)c1cc(N)cc(Cl)n1. The molecule has 0 saturated carbocycles. The number of hydrogen-bond acceptors (Lipinski definition) is 4. The molecule has 0 bridgehead atoms. The highest BCUT2D eigenvalue weighted by Crippen LogP contribution is 2.20. The summed E-state index contributed by atoms with van der Waals surface area (Å²) in [7, 11) is 1.92. The quantitative estimate of drug-likeness (QED) is 0.834. The first-order valence-electron chi connectivity index (χ1n) is 4.80. The zero-order valence-corrected chi connectivity index (χ0v) is 9.61. The molecule has 0 unspecified atom stereocenters. The predicted octanol–water partition coefficient (Wildman–Crippen LogP) is 2.55. The van der Waals surface area contributed by atoms with E-state index in [0.717, 1.165) is 11.4 Å². The minimum absolute atomic E-state index is 0.397. The van der Waals surface area contributed by atoms with Crippen LogP contribution in [0.5, 0.6) is 0 Å². The summed E-state index contributed by atoms with van der Waals surface area (Å²) >= 11 is 5.84. The monoisotopic (exact) mass is 237 g/mol. The molecule has 0 spiro atoms. The molecule has 0 aliphatic rings. The van der Waals surface area contributed by atoms with Gasteiger partial charge in [-0.2, -0.15) is 0 Å². The lowest BCUT2D eigenvalue weighted by atomic mass is 10.3. The number of aromatic nitrogens is 1. The third-order valence-corrected chi connectivity index (χ3v) is 2.39. The van der Waals surface area contributed by atoms with Gasteiger partial charge < -0.3 is 15.1 Å². The topological polar surface area (TPSA) is 55.3 Å². The van der Waals surface area contributed by atoms with Crippen LogP contribution in [0.3, 0.4) is 0 Å². The van der Waals surface area contributed by atoms with Crippen LogP contribution in [0.25, 0.3) is 0 Å². The Morgan fingerprint density at radius 2 is 2.31 bits per heavy atom. The van der Waals surface area contributed by atoms with Crippen molar-refractivity contribution in [3.63, 3.8) is 0 Å². The van der Waals surface area contributed by atoms with Crippen LogP contribution >= 0.6 is 11.6 Å². The Hall–Kier alpha value is -1.68. The molecule has 0 aliphatic heterocycles. The van der Waals surface area contributed by atoms with E-state index in [1.54, 1.807) is 24.7 Å². The van der Waals surface area contributed by atoms with E-state index < -0.39 is 0 Å². The number of furan rings is 1. The Kier molecular flexibility index (Phi) is 3.01. The highest BCUT2D eigenvalue weighted by atomic mass is 35.5. The highest BCUT2D eigenvalue weighted by molar-refractivity contribution is 6.29. The van der Waals surface area contributed by atoms with E-state index in [1.165, 1.54) is 0 Å². The minimum Gasteiger partial charge on any atom is -0.472 e. The lowest BCUT2D eigenvalue weighted by molar-refractivity contribution is 0.563. The van der Waals surface area contributed by atoms with Gasteiger partial charge in [0.1, 0.15) is 11.0 Å². The van der Waals surface area contributed by atoms with E-state index in [-0.39, 0.29) is 0 Å². The predicted molar refractivity (Wildman–Crippen MR) is 64.5 cm³/mol. The molecule has 4 nitrogen and oxygen atoms in total. The molecule has 16 heavy (non-hydrogen) atoms. The first-order chi connectivity index (χ1) is 7.65. The fraction of sp³-hybridized carbons (Fsp3) is 0.182. The average Bonchev–Trinajstić information content (AvgIpc) is 2.68. The zero-order chi connectivity index (χ0) is 11.5. The van der Waals surface area contributed by atoms with E-state index >= 15 is 0 Å². The normalized spacial score (nSPS) is 10.4. The summed E-state index contributed by atoms with van der Waals surface area (Å²) in [5, 5.41) is 0.397. The van der Waals surface area contributed by atoms with Crippen LogP contribution in [-0.4, -0.2) is 12.0 Å². The van der Waals surface area contributed by atoms with Crippen LogP contribution in [0.2, 0.25) is 5.15 Å². The Labute approximate surface area is 98.6 Å². The third-order valence-electron chi connectivity index (χ3n) is 2.19. The van der Waals surface area contributed by atoms with Crippen LogP contribution in [0.1, 0.15) is 5.56 Å². The van der Waals surface area contributed by atoms with Gasteiger partial charge in [-0.15, -0.1) is 0 Å². The molecule has 2 heterocycles. The van der Waals surface area contributed by atoms with E-state index in [9.17, 15) is 0 Å². The maximum Gasteiger partial charge on any atom is 0.133 e. The Balaban J connectivity index is 2.17. The van der Waals surface area contributed by atoms with Crippen LogP contribution in [0, 0.1) is 0 Å². The van der Waals surface area contributed by atoms with Crippen molar-refractivity contribution in [2.75, 3.05) is 17.7 Å². The van der Waals surface area contributed by atoms with Gasteiger partial charge in [0.25, 0.3) is 0 Å². The minimum atomic E-state index is 0.397. The van der Waals surface area contributed by atoms with Crippen molar-refractivity contribution in [1.29, 1.82) is 0 Å². The largest absolute Gasteiger partial charge is 0.472 e. The fourth-order valence-corrected chi connectivity index (χ4v) is 1.65. The Bertz CT molecular complexity index is 450. The zero-order valence-electron chi connectivity index (χ0n) is 8.85. The average molecular weight is 238 g/mol. The molecule has 0 aromatic carbocycles. The number of nitrogen functional groups attached to an aromatic ring is 1. The second kappa shape index (κ2) is 4.45. The van der Waals surface area contributed by atoms with Gasteiger partial charge in [0.05, 0.1) is 12.5 Å². The molecule has 0 saturated heterocycles. The number of hydrogen-bond donors (Lipinski definition) is 1. The van der Waals surface area contributed by atoms with Gasteiger partial charge in [-0.05, 0) is 12.1 Å². The smallest absolute Gasteiger partial charge is 0.133 e. The maximum absolute atomic E-state index is 5.84. The Morgan fingerprint density at radius 1 is 1.50 bits per heavy atom. The lowest BCUT2D eigenvalue weighted by Crippen LogP contribution is -2.17. The van der Waals surface area contributed by atoms with Gasteiger partial charge in [0.15, 0.2) is 0 Å². The first kappa shape index (κ1) is 10.8. The lowest BCUT2D eigenvalue weighted by Gasteiger charge is -2.17. The summed E-state index contributed by atoms with van der Waals surface area (Å²) in [5.74, 6) is 0.742. The second-order valence-corrected chi connectivity index (χ2v) is 3.96. The summed E-state index contributed by atoms with van der Waals surface area (Å²) in [4.78, 5) is 6.15. The highest BCUT2D eigenvalue weighted by Gasteiger charge is 2.06. The van der Waals surface area contributed by atoms with Crippen molar-refractivity contribution < 1.29 is 4.42 Å². The molecule has 0 atom stereocenters. The van der Waals surface area contributed by atoms with Crippen LogP contribution in [0.15, 0.2) is 35.1 Å². The number of halogens is 1. The van der Waals surface area contributed by atoms with Gasteiger partial charge in [-0.3, -0.25) is 0 Å². The molecule has 0 aliphatic carbocycles. The molecule has 2 N–H and O–H groups in total. The molecule has 0 fully saturated rings. The van der Waals surface area contributed by atoms with Gasteiger partial charge in [-0.25, -0.2) is 4.98 Å². The standard InChI is InChI=1S/C11H12ClN3O/c1-15(6-8-2-3-16-7-8)11-5-9(13)4-10(12)14-11/h2-5,7H,6H2,1H3,(H2,13,14). The molecule has 0 radical (unpaired) electrons. The summed E-state index contributed by atoms with van der Waals surface area (Å²) in [6.07, 6.45) is 3.34.